The van der Waals surface area contributed by atoms with Crippen LogP contribution in [0.3, 0.4) is 0 Å². The van der Waals surface area contributed by atoms with E-state index in [1.807, 2.05) is 0 Å². The smallest absolute Gasteiger partial charge is 0.319 e. The van der Waals surface area contributed by atoms with Gasteiger partial charge in [0.15, 0.2) is 11.6 Å². The number of ether oxygens (including phenoxy) is 3. The Hall–Kier alpha value is -3.47. The molecule has 0 saturated carbocycles. The molecule has 0 heterocycles. The van der Waals surface area contributed by atoms with Gasteiger partial charge in [-0.25, -0.2) is 13.6 Å². The Balaban J connectivity index is 1.77. The highest BCUT2D eigenvalue weighted by Gasteiger charge is 2.05. The Morgan fingerprint density at radius 1 is 1.04 bits per heavy atom. The van der Waals surface area contributed by atoms with Crippen molar-refractivity contribution in [2.24, 2.45) is 0 Å². The fourth-order valence-corrected chi connectivity index (χ4v) is 2.00. The zero-order chi connectivity index (χ0) is 19.6. The molecule has 0 unspecified atom stereocenters. The predicted molar refractivity (Wildman–Crippen MR) is 96.2 cm³/mol. The van der Waals surface area contributed by atoms with Gasteiger partial charge >= 0.3 is 6.03 Å². The monoisotopic (exact) mass is 376 g/mol. The van der Waals surface area contributed by atoms with E-state index in [1.54, 1.807) is 18.2 Å². The van der Waals surface area contributed by atoms with Crippen LogP contribution in [-0.4, -0.2) is 33.4 Å². The molecule has 6 nitrogen and oxygen atoms in total. The fraction of sp³-hybridized carbons (Fsp3) is 0.211. The van der Waals surface area contributed by atoms with Crippen molar-refractivity contribution < 1.29 is 27.8 Å². The Morgan fingerprint density at radius 3 is 2.37 bits per heavy atom. The van der Waals surface area contributed by atoms with Crippen molar-refractivity contribution in [3.63, 3.8) is 0 Å². The molecular formula is C19H18F2N2O4. The molecule has 0 saturated heterocycles. The van der Waals surface area contributed by atoms with Gasteiger partial charge in [0.1, 0.15) is 23.9 Å². The molecule has 2 aromatic carbocycles. The van der Waals surface area contributed by atoms with Gasteiger partial charge in [0.05, 0.1) is 20.8 Å². The van der Waals surface area contributed by atoms with Gasteiger partial charge in [-0.1, -0.05) is 11.8 Å². The molecule has 2 N–H and O–H groups in total. The molecule has 27 heavy (non-hydrogen) atoms. The van der Waals surface area contributed by atoms with E-state index in [9.17, 15) is 13.6 Å². The molecule has 0 fully saturated rings. The number of hydrogen-bond donors (Lipinski definition) is 2. The Morgan fingerprint density at radius 2 is 1.74 bits per heavy atom. The van der Waals surface area contributed by atoms with Crippen molar-refractivity contribution in [2.45, 2.75) is 0 Å². The largest absolute Gasteiger partial charge is 0.497 e. The average molecular weight is 376 g/mol. The van der Waals surface area contributed by atoms with Crippen molar-refractivity contribution in [3.8, 4) is 29.1 Å². The maximum atomic E-state index is 13.4. The lowest BCUT2D eigenvalue weighted by atomic mass is 10.3. The number of amides is 2. The summed E-state index contributed by atoms with van der Waals surface area (Å²) in [7, 11) is 3.02. The maximum Gasteiger partial charge on any atom is 0.319 e. The molecule has 0 aromatic heterocycles. The van der Waals surface area contributed by atoms with Gasteiger partial charge < -0.3 is 24.8 Å². The first-order valence-corrected chi connectivity index (χ1v) is 7.83. The van der Waals surface area contributed by atoms with Crippen LogP contribution in [0, 0.1) is 23.5 Å². The van der Waals surface area contributed by atoms with E-state index in [-0.39, 0.29) is 18.9 Å². The molecule has 2 rings (SSSR count). The first-order chi connectivity index (χ1) is 13.0. The minimum Gasteiger partial charge on any atom is -0.497 e. The van der Waals surface area contributed by atoms with E-state index in [1.165, 1.54) is 20.3 Å². The molecule has 2 amide bonds. The van der Waals surface area contributed by atoms with Crippen LogP contribution in [0.15, 0.2) is 36.4 Å². The van der Waals surface area contributed by atoms with Gasteiger partial charge in [0, 0.05) is 30.0 Å². The van der Waals surface area contributed by atoms with Crippen molar-refractivity contribution >= 4 is 11.7 Å². The summed E-state index contributed by atoms with van der Waals surface area (Å²) in [5.41, 5.74) is 0.492. The minimum atomic E-state index is -0.803. The summed E-state index contributed by atoms with van der Waals surface area (Å²) in [6.07, 6.45) is 0. The summed E-state index contributed by atoms with van der Waals surface area (Å²) >= 11 is 0. The summed E-state index contributed by atoms with van der Waals surface area (Å²) in [5, 5.41) is 5.17. The third-order valence-corrected chi connectivity index (χ3v) is 3.27. The van der Waals surface area contributed by atoms with E-state index in [0.29, 0.717) is 17.2 Å². The number of hydrogen-bond acceptors (Lipinski definition) is 4. The number of nitrogens with one attached hydrogen (secondary N) is 2. The predicted octanol–water partition coefficient (Wildman–Crippen LogP) is 3.19. The van der Waals surface area contributed by atoms with Crippen LogP contribution in [-0.2, 0) is 0 Å². The second-order valence-electron chi connectivity index (χ2n) is 5.13. The molecule has 8 heteroatoms. The molecule has 0 spiro atoms. The van der Waals surface area contributed by atoms with Gasteiger partial charge in [0.2, 0.25) is 0 Å². The maximum absolute atomic E-state index is 13.4. The van der Waals surface area contributed by atoms with Gasteiger partial charge in [-0.2, -0.15) is 0 Å². The molecule has 0 atom stereocenters. The summed E-state index contributed by atoms with van der Waals surface area (Å²) in [5.74, 6) is 4.76. The minimum absolute atomic E-state index is 0.0577. The first-order valence-electron chi connectivity index (χ1n) is 7.83. The first kappa shape index (κ1) is 19.8. The Labute approximate surface area is 155 Å². The van der Waals surface area contributed by atoms with Crippen molar-refractivity contribution in [2.75, 3.05) is 32.7 Å². The topological polar surface area (TPSA) is 68.8 Å². The number of anilines is 1. The number of urea groups is 1. The highest BCUT2D eigenvalue weighted by Crippen LogP contribution is 2.25. The highest BCUT2D eigenvalue weighted by molar-refractivity contribution is 5.89. The quantitative estimate of drug-likeness (QED) is 0.760. The normalized spacial score (nSPS) is 9.63. The summed E-state index contributed by atoms with van der Waals surface area (Å²) in [4.78, 5) is 11.9. The van der Waals surface area contributed by atoms with Crippen LogP contribution < -0.4 is 24.8 Å². The second kappa shape index (κ2) is 9.87. The molecule has 0 aliphatic carbocycles. The third-order valence-electron chi connectivity index (χ3n) is 3.27. The Kier molecular flexibility index (Phi) is 7.26. The van der Waals surface area contributed by atoms with Crippen LogP contribution in [0.5, 0.6) is 17.2 Å². The number of methoxy groups -OCH3 is 2. The summed E-state index contributed by atoms with van der Waals surface area (Å²) < 4.78 is 41.4. The summed E-state index contributed by atoms with van der Waals surface area (Å²) in [6, 6.07) is 7.48. The fourth-order valence-electron chi connectivity index (χ4n) is 2.00. The number of rotatable bonds is 6. The zero-order valence-corrected chi connectivity index (χ0v) is 14.8. The van der Waals surface area contributed by atoms with E-state index in [0.717, 1.165) is 12.1 Å². The summed E-state index contributed by atoms with van der Waals surface area (Å²) in [6.45, 7) is -0.0405. The van der Waals surface area contributed by atoms with Crippen molar-refractivity contribution in [1.82, 2.24) is 5.32 Å². The van der Waals surface area contributed by atoms with E-state index in [4.69, 9.17) is 14.2 Å². The van der Waals surface area contributed by atoms with Gasteiger partial charge in [-0.3, -0.25) is 0 Å². The van der Waals surface area contributed by atoms with Crippen LogP contribution >= 0.6 is 0 Å². The molecule has 0 aliphatic rings. The van der Waals surface area contributed by atoms with Gasteiger partial charge in [0.25, 0.3) is 0 Å². The molecule has 0 radical (unpaired) electrons. The lowest BCUT2D eigenvalue weighted by Crippen LogP contribution is -2.29. The Bertz CT molecular complexity index is 840. The van der Waals surface area contributed by atoms with Crippen LogP contribution in [0.4, 0.5) is 19.3 Å². The number of halogens is 2. The lowest BCUT2D eigenvalue weighted by Gasteiger charge is -2.09. The molecule has 0 aliphatic heterocycles. The third kappa shape index (κ3) is 6.40. The number of benzene rings is 2. The van der Waals surface area contributed by atoms with E-state index in [2.05, 4.69) is 22.5 Å². The zero-order valence-electron chi connectivity index (χ0n) is 14.8. The SMILES string of the molecule is COc1cc(NC(=O)NCC#CCOc2ccc(F)cc2F)cc(OC)c1. The van der Waals surface area contributed by atoms with Gasteiger partial charge in [-0.05, 0) is 12.1 Å². The van der Waals surface area contributed by atoms with Crippen LogP contribution in [0.2, 0.25) is 0 Å². The van der Waals surface area contributed by atoms with Crippen molar-refractivity contribution in [3.05, 3.63) is 48.0 Å². The van der Waals surface area contributed by atoms with Crippen molar-refractivity contribution in [1.29, 1.82) is 0 Å². The van der Waals surface area contributed by atoms with Crippen LogP contribution in [0.1, 0.15) is 0 Å². The molecule has 142 valence electrons. The highest BCUT2D eigenvalue weighted by atomic mass is 19.1. The van der Waals surface area contributed by atoms with E-state index < -0.39 is 17.7 Å². The number of carbonyl (C=O) groups excluding carboxylic acids is 1. The lowest BCUT2D eigenvalue weighted by molar-refractivity contribution is 0.253. The second-order valence-corrected chi connectivity index (χ2v) is 5.13. The molecule has 2 aromatic rings. The number of carbonyl (C=O) groups is 1. The molecule has 0 bridgehead atoms. The standard InChI is InChI=1S/C19H18F2N2O4/c1-25-15-10-14(11-16(12-15)26-2)23-19(24)22-7-3-4-8-27-18-6-5-13(20)9-17(18)21/h5-6,9-12H,7-8H2,1-2H3,(H2,22,23,24). The van der Waals surface area contributed by atoms with Gasteiger partial charge in [-0.15, -0.1) is 0 Å². The van der Waals surface area contributed by atoms with E-state index >= 15 is 0 Å². The van der Waals surface area contributed by atoms with Crippen LogP contribution in [0.25, 0.3) is 0 Å². The average Bonchev–Trinajstić information content (AvgIpc) is 2.65. The molecular weight excluding hydrogens is 358 g/mol.